The van der Waals surface area contributed by atoms with Crippen LogP contribution in [0, 0.1) is 23.7 Å². The highest BCUT2D eigenvalue weighted by Gasteiger charge is 2.72. The third kappa shape index (κ3) is 4.67. The summed E-state index contributed by atoms with van der Waals surface area (Å²) in [5.41, 5.74) is 0.786. The number of benzene rings is 1. The van der Waals surface area contributed by atoms with E-state index in [1.807, 2.05) is 36.4 Å². The number of carbonyl (C=O) groups is 3. The minimum atomic E-state index is -1.11. The van der Waals surface area contributed by atoms with Crippen LogP contribution in [0.3, 0.4) is 0 Å². The molecule has 0 radical (unpaired) electrons. The molecular formula is C31H43N3O4. The summed E-state index contributed by atoms with van der Waals surface area (Å²) in [7, 11) is 0. The molecule has 3 amide bonds. The topological polar surface area (TPSA) is 87.7 Å². The summed E-state index contributed by atoms with van der Waals surface area (Å²) < 4.78 is 6.47. The fraction of sp³-hybridized carbons (Fsp3) is 0.645. The van der Waals surface area contributed by atoms with Gasteiger partial charge in [-0.2, -0.15) is 0 Å². The van der Waals surface area contributed by atoms with Crippen LogP contribution in [0.2, 0.25) is 0 Å². The summed E-state index contributed by atoms with van der Waals surface area (Å²) in [4.78, 5) is 43.2. The molecule has 7 nitrogen and oxygen atoms in total. The first kappa shape index (κ1) is 26.9. The van der Waals surface area contributed by atoms with Crippen LogP contribution in [0.1, 0.15) is 78.2 Å². The molecule has 1 aliphatic carbocycles. The number of ether oxygens (including phenoxy) is 1. The van der Waals surface area contributed by atoms with Crippen LogP contribution in [-0.4, -0.2) is 53.0 Å². The Morgan fingerprint density at radius 3 is 2.45 bits per heavy atom. The first-order chi connectivity index (χ1) is 18.1. The average molecular weight is 522 g/mol. The zero-order valence-electron chi connectivity index (χ0n) is 23.4. The quantitative estimate of drug-likeness (QED) is 0.488. The Bertz CT molecular complexity index is 1100. The molecule has 5 rings (SSSR count). The van der Waals surface area contributed by atoms with Crippen molar-refractivity contribution in [3.8, 4) is 0 Å². The molecule has 1 spiro atoms. The van der Waals surface area contributed by atoms with Crippen molar-refractivity contribution in [2.45, 2.75) is 96.4 Å². The van der Waals surface area contributed by atoms with E-state index in [2.05, 4.69) is 45.3 Å². The molecule has 3 fully saturated rings. The molecule has 0 unspecified atom stereocenters. The molecule has 1 aromatic rings. The maximum absolute atomic E-state index is 14.0. The van der Waals surface area contributed by atoms with Gasteiger partial charge in [-0.15, -0.1) is 0 Å². The van der Waals surface area contributed by atoms with Gasteiger partial charge in [0.1, 0.15) is 11.6 Å². The molecule has 3 heterocycles. The molecule has 3 aliphatic heterocycles. The highest BCUT2D eigenvalue weighted by molar-refractivity contribution is 6.02. The van der Waals surface area contributed by atoms with Crippen LogP contribution < -0.4 is 10.6 Å². The molecule has 1 saturated carbocycles. The van der Waals surface area contributed by atoms with E-state index in [1.165, 1.54) is 12.0 Å². The van der Waals surface area contributed by atoms with Crippen LogP contribution in [0.5, 0.6) is 0 Å². The standard InChI is InChI=1S/C31H43N3O4/c1-18(2)15-17-34-27(29(36)33-23-9-7-6-8-20(23)5)31-16-14-24(38-31)25(26(31)30(34)37)28(35)32-22-12-10-21(11-13-22)19(3)4/h10-14,16,18-20,23-27H,6-9,15,17H2,1-5H3,(H,32,35)(H,33,36)/t20-,23-,24+,25-,26+,27+,31+/m1/s1. The van der Waals surface area contributed by atoms with E-state index in [0.717, 1.165) is 25.7 Å². The molecule has 7 heteroatoms. The van der Waals surface area contributed by atoms with Gasteiger partial charge in [0, 0.05) is 18.3 Å². The van der Waals surface area contributed by atoms with Crippen molar-refractivity contribution in [1.82, 2.24) is 10.2 Å². The number of amides is 3. The van der Waals surface area contributed by atoms with Gasteiger partial charge in [0.25, 0.3) is 0 Å². The van der Waals surface area contributed by atoms with Crippen molar-refractivity contribution < 1.29 is 19.1 Å². The molecule has 7 atom stereocenters. The lowest BCUT2D eigenvalue weighted by molar-refractivity contribution is -0.141. The number of nitrogens with one attached hydrogen (secondary N) is 2. The highest BCUT2D eigenvalue weighted by Crippen LogP contribution is 2.55. The minimum Gasteiger partial charge on any atom is -0.359 e. The Hall–Kier alpha value is -2.67. The van der Waals surface area contributed by atoms with E-state index in [1.54, 1.807) is 4.90 Å². The van der Waals surface area contributed by atoms with Crippen molar-refractivity contribution in [3.63, 3.8) is 0 Å². The number of hydrogen-bond donors (Lipinski definition) is 2. The van der Waals surface area contributed by atoms with Gasteiger partial charge < -0.3 is 20.3 Å². The molecular weight excluding hydrogens is 478 g/mol. The normalized spacial score (nSPS) is 33.8. The molecule has 2 N–H and O–H groups in total. The Morgan fingerprint density at radius 2 is 1.79 bits per heavy atom. The van der Waals surface area contributed by atoms with E-state index < -0.39 is 29.6 Å². The number of anilines is 1. The maximum atomic E-state index is 14.0. The van der Waals surface area contributed by atoms with Crippen molar-refractivity contribution >= 4 is 23.4 Å². The summed E-state index contributed by atoms with van der Waals surface area (Å²) >= 11 is 0. The fourth-order valence-corrected chi connectivity index (χ4v) is 6.87. The van der Waals surface area contributed by atoms with E-state index in [4.69, 9.17) is 4.74 Å². The van der Waals surface area contributed by atoms with E-state index >= 15 is 0 Å². The third-order valence-corrected chi connectivity index (χ3v) is 9.16. The smallest absolute Gasteiger partial charge is 0.246 e. The SMILES string of the molecule is CC(C)CCN1C(=O)[C@@H]2[C@H](C(=O)Nc3ccc(C(C)C)cc3)[C@@H]3C=C[C@@]2(O3)[C@@H]1C(=O)N[C@@H]1CCCC[C@H]1C. The number of hydrogen-bond acceptors (Lipinski definition) is 4. The van der Waals surface area contributed by atoms with Crippen LogP contribution >= 0.6 is 0 Å². The van der Waals surface area contributed by atoms with E-state index in [0.29, 0.717) is 30.0 Å². The largest absolute Gasteiger partial charge is 0.359 e. The summed E-state index contributed by atoms with van der Waals surface area (Å²) in [6, 6.07) is 7.17. The second-order valence-corrected chi connectivity index (χ2v) is 12.6. The van der Waals surface area contributed by atoms with Gasteiger partial charge >= 0.3 is 0 Å². The predicted molar refractivity (Wildman–Crippen MR) is 147 cm³/mol. The van der Waals surface area contributed by atoms with Gasteiger partial charge in [-0.25, -0.2) is 0 Å². The summed E-state index contributed by atoms with van der Waals surface area (Å²) in [6.07, 6.45) is 8.37. The van der Waals surface area contributed by atoms with Crippen molar-refractivity contribution in [2.75, 3.05) is 11.9 Å². The monoisotopic (exact) mass is 521 g/mol. The van der Waals surface area contributed by atoms with Gasteiger partial charge in [0.2, 0.25) is 17.7 Å². The van der Waals surface area contributed by atoms with E-state index in [-0.39, 0.29) is 23.8 Å². The van der Waals surface area contributed by atoms with Gasteiger partial charge in [-0.05, 0) is 54.7 Å². The van der Waals surface area contributed by atoms with Gasteiger partial charge in [0.05, 0.1) is 17.9 Å². The molecule has 1 aromatic carbocycles. The molecule has 38 heavy (non-hydrogen) atoms. The lowest BCUT2D eigenvalue weighted by atomic mass is 9.74. The fourth-order valence-electron chi connectivity index (χ4n) is 6.87. The second-order valence-electron chi connectivity index (χ2n) is 12.6. The van der Waals surface area contributed by atoms with Crippen molar-refractivity contribution in [3.05, 3.63) is 42.0 Å². The number of carbonyl (C=O) groups excluding carboxylic acids is 3. The van der Waals surface area contributed by atoms with Crippen LogP contribution in [0.15, 0.2) is 36.4 Å². The average Bonchev–Trinajstić information content (AvgIpc) is 3.51. The second kappa shape index (κ2) is 10.5. The first-order valence-electron chi connectivity index (χ1n) is 14.5. The maximum Gasteiger partial charge on any atom is 0.246 e. The van der Waals surface area contributed by atoms with Gasteiger partial charge in [-0.3, -0.25) is 14.4 Å². The van der Waals surface area contributed by atoms with Crippen molar-refractivity contribution in [1.29, 1.82) is 0 Å². The van der Waals surface area contributed by atoms with Gasteiger partial charge in [-0.1, -0.05) is 71.7 Å². The Balaban J connectivity index is 1.41. The number of rotatable bonds is 8. The minimum absolute atomic E-state index is 0.101. The Kier molecular flexibility index (Phi) is 7.42. The number of fused-ring (bicyclic) bond motifs is 1. The van der Waals surface area contributed by atoms with Gasteiger partial charge in [0.15, 0.2) is 0 Å². The zero-order valence-corrected chi connectivity index (χ0v) is 23.4. The Morgan fingerprint density at radius 1 is 1.08 bits per heavy atom. The first-order valence-corrected chi connectivity index (χ1v) is 14.5. The summed E-state index contributed by atoms with van der Waals surface area (Å²) in [5, 5.41) is 6.31. The van der Waals surface area contributed by atoms with Crippen LogP contribution in [-0.2, 0) is 19.1 Å². The van der Waals surface area contributed by atoms with Crippen LogP contribution in [0.25, 0.3) is 0 Å². The van der Waals surface area contributed by atoms with Crippen LogP contribution in [0.4, 0.5) is 5.69 Å². The Labute approximate surface area is 226 Å². The third-order valence-electron chi connectivity index (χ3n) is 9.16. The lowest BCUT2D eigenvalue weighted by Gasteiger charge is -2.36. The molecule has 2 saturated heterocycles. The summed E-state index contributed by atoms with van der Waals surface area (Å²) in [5.74, 6) is -0.741. The van der Waals surface area contributed by atoms with Crippen molar-refractivity contribution in [2.24, 2.45) is 23.7 Å². The highest BCUT2D eigenvalue weighted by atomic mass is 16.5. The molecule has 2 bridgehead atoms. The molecule has 206 valence electrons. The number of nitrogens with zero attached hydrogens (tertiary/aromatic N) is 1. The predicted octanol–water partition coefficient (Wildman–Crippen LogP) is 4.64. The molecule has 0 aromatic heterocycles. The molecule has 4 aliphatic rings. The summed E-state index contributed by atoms with van der Waals surface area (Å²) in [6.45, 7) is 11.1. The lowest BCUT2D eigenvalue weighted by Crippen LogP contribution is -2.57. The zero-order chi connectivity index (χ0) is 27.2. The number of likely N-dealkylation sites (tertiary alicyclic amines) is 1. The van der Waals surface area contributed by atoms with E-state index in [9.17, 15) is 14.4 Å².